The van der Waals surface area contributed by atoms with Gasteiger partial charge in [-0.25, -0.2) is 4.79 Å². The Morgan fingerprint density at radius 2 is 2.29 bits per heavy atom. The molecule has 0 spiro atoms. The van der Waals surface area contributed by atoms with Crippen LogP contribution < -0.4 is 4.74 Å². The molecular weight excluding hydrogens is 204 g/mol. The number of hydrogen-bond donors (Lipinski definition) is 1. The molecule has 0 bridgehead atoms. The highest BCUT2D eigenvalue weighted by molar-refractivity contribution is 6.32. The summed E-state index contributed by atoms with van der Waals surface area (Å²) >= 11 is 5.87. The van der Waals surface area contributed by atoms with Gasteiger partial charge in [-0.05, 0) is 18.2 Å². The molecule has 1 rings (SSSR count). The maximum Gasteiger partial charge on any atom is 0.328 e. The third-order valence-electron chi connectivity index (χ3n) is 1.63. The summed E-state index contributed by atoms with van der Waals surface area (Å²) in [5.74, 6) is -0.470. The van der Waals surface area contributed by atoms with Crippen LogP contribution in [0.15, 0.2) is 24.3 Å². The lowest BCUT2D eigenvalue weighted by atomic mass is 10.2. The number of aliphatic carboxylic acids is 1. The molecule has 0 saturated carbocycles. The van der Waals surface area contributed by atoms with Gasteiger partial charge in [-0.15, -0.1) is 0 Å². The lowest BCUT2D eigenvalue weighted by molar-refractivity contribution is -0.131. The second kappa shape index (κ2) is 4.67. The summed E-state index contributed by atoms with van der Waals surface area (Å²) in [5, 5.41) is 8.92. The van der Waals surface area contributed by atoms with E-state index in [9.17, 15) is 4.79 Å². The van der Waals surface area contributed by atoms with Gasteiger partial charge >= 0.3 is 5.97 Å². The first-order valence-electron chi connectivity index (χ1n) is 3.88. The smallest absolute Gasteiger partial charge is 0.328 e. The summed E-state index contributed by atoms with van der Waals surface area (Å²) < 4.78 is 5.03. The van der Waals surface area contributed by atoms with Crippen molar-refractivity contribution in [3.63, 3.8) is 0 Å². The summed E-state index contributed by atoms with van der Waals surface area (Å²) in [5.41, 5.74) is 0.569. The van der Waals surface area contributed by atoms with E-state index in [2.05, 4.69) is 0 Å². The summed E-state index contributed by atoms with van der Waals surface area (Å²) in [7, 11) is 1.50. The van der Waals surface area contributed by atoms with Crippen molar-refractivity contribution in [2.75, 3.05) is 7.11 Å². The van der Waals surface area contributed by atoms with Crippen molar-refractivity contribution >= 4 is 23.6 Å². The van der Waals surface area contributed by atoms with E-state index in [1.807, 2.05) is 0 Å². The summed E-state index contributed by atoms with van der Waals surface area (Å²) in [6, 6.07) is 5.12. The van der Waals surface area contributed by atoms with Crippen molar-refractivity contribution < 1.29 is 14.6 Å². The molecule has 0 atom stereocenters. The minimum absolute atomic E-state index is 0.460. The van der Waals surface area contributed by atoms with Gasteiger partial charge in [0.05, 0.1) is 12.1 Å². The van der Waals surface area contributed by atoms with Gasteiger partial charge in [0, 0.05) is 11.6 Å². The van der Waals surface area contributed by atoms with Crippen LogP contribution in [-0.2, 0) is 4.79 Å². The monoisotopic (exact) mass is 212 g/mol. The number of carboxylic acids is 1. The topological polar surface area (TPSA) is 46.5 Å². The summed E-state index contributed by atoms with van der Waals surface area (Å²) in [6.45, 7) is 0. The molecule has 0 saturated heterocycles. The molecule has 3 nitrogen and oxygen atoms in total. The summed E-state index contributed by atoms with van der Waals surface area (Å²) in [4.78, 5) is 10.3. The van der Waals surface area contributed by atoms with Gasteiger partial charge in [0.15, 0.2) is 0 Å². The fraction of sp³-hybridized carbons (Fsp3) is 0.100. The van der Waals surface area contributed by atoms with Crippen LogP contribution in [0, 0.1) is 0 Å². The number of methoxy groups -OCH3 is 1. The maximum absolute atomic E-state index is 10.3. The second-order valence-corrected chi connectivity index (χ2v) is 2.93. The molecule has 0 aliphatic carbocycles. The molecule has 0 aliphatic rings. The Hall–Kier alpha value is -1.48. The highest BCUT2D eigenvalue weighted by atomic mass is 35.5. The fourth-order valence-electron chi connectivity index (χ4n) is 1.01. The highest BCUT2D eigenvalue weighted by Crippen LogP contribution is 2.27. The van der Waals surface area contributed by atoms with Crippen molar-refractivity contribution in [1.82, 2.24) is 0 Å². The lowest BCUT2D eigenvalue weighted by Crippen LogP contribution is -1.90. The zero-order valence-corrected chi connectivity index (χ0v) is 8.28. The van der Waals surface area contributed by atoms with E-state index >= 15 is 0 Å². The molecule has 74 valence electrons. The first kappa shape index (κ1) is 10.6. The number of rotatable bonds is 3. The lowest BCUT2D eigenvalue weighted by Gasteiger charge is -2.05. The molecule has 4 heteroatoms. The van der Waals surface area contributed by atoms with Crippen LogP contribution in [-0.4, -0.2) is 18.2 Å². The number of carbonyl (C=O) groups is 1. The Labute approximate surface area is 86.6 Å². The van der Waals surface area contributed by atoms with Gasteiger partial charge < -0.3 is 9.84 Å². The molecule has 0 unspecified atom stereocenters. The standard InChI is InChI=1S/C10H9ClO3/c1-14-9-4-2-3-8(11)7(9)5-6-10(12)13/h2-6H,1H3,(H,12,13). The third kappa shape index (κ3) is 2.50. The van der Waals surface area contributed by atoms with Crippen LogP contribution in [0.1, 0.15) is 5.56 Å². The van der Waals surface area contributed by atoms with Gasteiger partial charge in [0.1, 0.15) is 5.75 Å². The van der Waals surface area contributed by atoms with Crippen molar-refractivity contribution in [2.24, 2.45) is 0 Å². The van der Waals surface area contributed by atoms with Crippen LogP contribution in [0.5, 0.6) is 5.75 Å². The zero-order valence-electron chi connectivity index (χ0n) is 7.53. The summed E-state index contributed by atoms with van der Waals surface area (Å²) in [6.07, 6.45) is 2.42. The Bertz CT molecular complexity index is 372. The maximum atomic E-state index is 10.3. The molecule has 0 aliphatic heterocycles. The number of carboxylic acid groups (broad SMARTS) is 1. The quantitative estimate of drug-likeness (QED) is 0.783. The number of hydrogen-bond acceptors (Lipinski definition) is 2. The fourth-order valence-corrected chi connectivity index (χ4v) is 1.24. The van der Waals surface area contributed by atoms with Crippen LogP contribution in [0.2, 0.25) is 5.02 Å². The normalized spacial score (nSPS) is 10.4. The molecule has 1 aromatic rings. The largest absolute Gasteiger partial charge is 0.496 e. The SMILES string of the molecule is COc1cccc(Cl)c1C=CC(=O)O. The molecule has 0 aromatic heterocycles. The molecular formula is C10H9ClO3. The van der Waals surface area contributed by atoms with Crippen molar-refractivity contribution in [3.05, 3.63) is 34.9 Å². The van der Waals surface area contributed by atoms with Crippen LogP contribution in [0.4, 0.5) is 0 Å². The van der Waals surface area contributed by atoms with Crippen molar-refractivity contribution in [3.8, 4) is 5.75 Å². The first-order valence-corrected chi connectivity index (χ1v) is 4.26. The Morgan fingerprint density at radius 3 is 2.86 bits per heavy atom. The van der Waals surface area contributed by atoms with E-state index in [0.29, 0.717) is 16.3 Å². The van der Waals surface area contributed by atoms with E-state index in [1.54, 1.807) is 18.2 Å². The molecule has 0 heterocycles. The van der Waals surface area contributed by atoms with Crippen LogP contribution in [0.3, 0.4) is 0 Å². The van der Waals surface area contributed by atoms with Gasteiger partial charge in [-0.3, -0.25) is 0 Å². The number of ether oxygens (including phenoxy) is 1. The predicted octanol–water partition coefficient (Wildman–Crippen LogP) is 2.45. The molecule has 0 fully saturated rings. The third-order valence-corrected chi connectivity index (χ3v) is 1.95. The number of halogens is 1. The minimum Gasteiger partial charge on any atom is -0.496 e. The average molecular weight is 213 g/mol. The Balaban J connectivity index is 3.11. The minimum atomic E-state index is -1.02. The van der Waals surface area contributed by atoms with E-state index in [4.69, 9.17) is 21.4 Å². The molecule has 0 amide bonds. The van der Waals surface area contributed by atoms with E-state index < -0.39 is 5.97 Å². The van der Waals surface area contributed by atoms with Crippen molar-refractivity contribution in [1.29, 1.82) is 0 Å². The molecule has 14 heavy (non-hydrogen) atoms. The van der Waals surface area contributed by atoms with E-state index in [-0.39, 0.29) is 0 Å². The predicted molar refractivity (Wildman–Crippen MR) is 54.7 cm³/mol. The molecule has 0 radical (unpaired) electrons. The van der Waals surface area contributed by atoms with Gasteiger partial charge in [0.2, 0.25) is 0 Å². The second-order valence-electron chi connectivity index (χ2n) is 2.53. The van der Waals surface area contributed by atoms with Crippen LogP contribution in [0.25, 0.3) is 6.08 Å². The van der Waals surface area contributed by atoms with Gasteiger partial charge in [0.25, 0.3) is 0 Å². The van der Waals surface area contributed by atoms with Crippen molar-refractivity contribution in [2.45, 2.75) is 0 Å². The Morgan fingerprint density at radius 1 is 1.57 bits per heavy atom. The number of benzene rings is 1. The molecule has 1 N–H and O–H groups in total. The van der Waals surface area contributed by atoms with Crippen LogP contribution >= 0.6 is 11.6 Å². The van der Waals surface area contributed by atoms with Gasteiger partial charge in [-0.1, -0.05) is 17.7 Å². The average Bonchev–Trinajstić information content (AvgIpc) is 2.15. The van der Waals surface area contributed by atoms with Gasteiger partial charge in [-0.2, -0.15) is 0 Å². The first-order chi connectivity index (χ1) is 6.65. The highest BCUT2D eigenvalue weighted by Gasteiger charge is 2.03. The van der Waals surface area contributed by atoms with E-state index in [0.717, 1.165) is 6.08 Å². The molecule has 1 aromatic carbocycles. The zero-order chi connectivity index (χ0) is 10.6. The Kier molecular flexibility index (Phi) is 3.54. The van der Waals surface area contributed by atoms with E-state index in [1.165, 1.54) is 13.2 Å².